The van der Waals surface area contributed by atoms with Crippen molar-refractivity contribution in [2.24, 2.45) is 0 Å². The van der Waals surface area contributed by atoms with Crippen LogP contribution in [-0.4, -0.2) is 17.9 Å². The SMILES string of the molecule is CCCNCc1ccc(CS(=O)c2ccccc2OC)o1. The molecule has 1 N–H and O–H groups in total. The highest BCUT2D eigenvalue weighted by atomic mass is 32.2. The Morgan fingerprint density at radius 2 is 1.95 bits per heavy atom. The molecule has 0 fully saturated rings. The number of para-hydroxylation sites is 1. The summed E-state index contributed by atoms with van der Waals surface area (Å²) in [5, 5.41) is 3.28. The van der Waals surface area contributed by atoms with Crippen LogP contribution in [0.4, 0.5) is 0 Å². The first-order chi connectivity index (χ1) is 10.2. The molecule has 1 heterocycles. The van der Waals surface area contributed by atoms with Crippen LogP contribution in [0.5, 0.6) is 5.75 Å². The van der Waals surface area contributed by atoms with Gasteiger partial charge in [-0.05, 0) is 37.2 Å². The van der Waals surface area contributed by atoms with Crippen molar-refractivity contribution in [1.29, 1.82) is 0 Å². The maximum atomic E-state index is 12.4. The maximum Gasteiger partial charge on any atom is 0.134 e. The van der Waals surface area contributed by atoms with Gasteiger partial charge in [-0.1, -0.05) is 19.1 Å². The summed E-state index contributed by atoms with van der Waals surface area (Å²) >= 11 is 0. The Kier molecular flexibility index (Phi) is 6.02. The second-order valence-electron chi connectivity index (χ2n) is 4.69. The van der Waals surface area contributed by atoms with E-state index in [0.717, 1.165) is 24.5 Å². The first-order valence-electron chi connectivity index (χ1n) is 7.04. The quantitative estimate of drug-likeness (QED) is 0.761. The van der Waals surface area contributed by atoms with E-state index in [4.69, 9.17) is 9.15 Å². The van der Waals surface area contributed by atoms with Gasteiger partial charge in [0.2, 0.25) is 0 Å². The van der Waals surface area contributed by atoms with Gasteiger partial charge in [0.25, 0.3) is 0 Å². The normalized spacial score (nSPS) is 12.3. The van der Waals surface area contributed by atoms with Crippen molar-refractivity contribution in [3.05, 3.63) is 47.9 Å². The van der Waals surface area contributed by atoms with E-state index >= 15 is 0 Å². The first kappa shape index (κ1) is 15.8. The van der Waals surface area contributed by atoms with Crippen LogP contribution in [0.2, 0.25) is 0 Å². The van der Waals surface area contributed by atoms with Crippen LogP contribution in [0.25, 0.3) is 0 Å². The first-order valence-corrected chi connectivity index (χ1v) is 8.36. The van der Waals surface area contributed by atoms with E-state index < -0.39 is 10.8 Å². The molecule has 0 bridgehead atoms. The fourth-order valence-electron chi connectivity index (χ4n) is 2.00. The zero-order valence-electron chi connectivity index (χ0n) is 12.4. The largest absolute Gasteiger partial charge is 0.495 e. The minimum absolute atomic E-state index is 0.355. The Morgan fingerprint density at radius 1 is 1.19 bits per heavy atom. The molecule has 4 nitrogen and oxygen atoms in total. The molecule has 21 heavy (non-hydrogen) atoms. The molecule has 0 saturated carbocycles. The molecule has 2 aromatic rings. The number of methoxy groups -OCH3 is 1. The smallest absolute Gasteiger partial charge is 0.134 e. The van der Waals surface area contributed by atoms with Crippen molar-refractivity contribution < 1.29 is 13.4 Å². The highest BCUT2D eigenvalue weighted by molar-refractivity contribution is 7.84. The molecule has 1 aromatic carbocycles. The standard InChI is InChI=1S/C16H21NO3S/c1-3-10-17-11-13-8-9-14(20-13)12-21(18)16-7-5-4-6-15(16)19-2/h4-9,17H,3,10-12H2,1-2H3. The molecule has 0 aliphatic rings. The summed E-state index contributed by atoms with van der Waals surface area (Å²) in [6.45, 7) is 3.79. The van der Waals surface area contributed by atoms with Gasteiger partial charge >= 0.3 is 0 Å². The Labute approximate surface area is 128 Å². The van der Waals surface area contributed by atoms with Crippen LogP contribution < -0.4 is 10.1 Å². The minimum Gasteiger partial charge on any atom is -0.495 e. The van der Waals surface area contributed by atoms with Crippen molar-refractivity contribution in [1.82, 2.24) is 5.32 Å². The molecule has 1 atom stereocenters. The lowest BCUT2D eigenvalue weighted by Crippen LogP contribution is -2.13. The van der Waals surface area contributed by atoms with Gasteiger partial charge in [0.05, 0.1) is 35.1 Å². The second kappa shape index (κ2) is 8.00. The Balaban J connectivity index is 1.99. The average Bonchev–Trinajstić information content (AvgIpc) is 2.95. The maximum absolute atomic E-state index is 12.4. The lowest BCUT2D eigenvalue weighted by Gasteiger charge is -2.06. The highest BCUT2D eigenvalue weighted by Crippen LogP contribution is 2.23. The summed E-state index contributed by atoms with van der Waals surface area (Å²) in [5.74, 6) is 2.60. The summed E-state index contributed by atoms with van der Waals surface area (Å²) in [6.07, 6.45) is 1.09. The van der Waals surface area contributed by atoms with Crippen LogP contribution in [-0.2, 0) is 23.1 Å². The molecule has 5 heteroatoms. The number of hydrogen-bond donors (Lipinski definition) is 1. The van der Waals surface area contributed by atoms with Gasteiger partial charge in [-0.25, -0.2) is 0 Å². The van der Waals surface area contributed by atoms with E-state index in [1.807, 2.05) is 36.4 Å². The van der Waals surface area contributed by atoms with E-state index in [2.05, 4.69) is 12.2 Å². The van der Waals surface area contributed by atoms with Gasteiger partial charge in [0, 0.05) is 0 Å². The third-order valence-corrected chi connectivity index (χ3v) is 4.41. The van der Waals surface area contributed by atoms with Crippen molar-refractivity contribution in [3.63, 3.8) is 0 Å². The van der Waals surface area contributed by atoms with Crippen molar-refractivity contribution in [3.8, 4) is 5.75 Å². The van der Waals surface area contributed by atoms with Gasteiger partial charge in [0.15, 0.2) is 0 Å². The van der Waals surface area contributed by atoms with E-state index in [0.29, 0.717) is 22.9 Å². The third-order valence-electron chi connectivity index (χ3n) is 3.03. The number of nitrogens with one attached hydrogen (secondary N) is 1. The average molecular weight is 307 g/mol. The molecule has 0 amide bonds. The molecular formula is C16H21NO3S. The molecule has 0 spiro atoms. The van der Waals surface area contributed by atoms with E-state index in [1.165, 1.54) is 0 Å². The molecule has 0 aliphatic heterocycles. The molecule has 0 aliphatic carbocycles. The molecule has 2 rings (SSSR count). The highest BCUT2D eigenvalue weighted by Gasteiger charge is 2.13. The van der Waals surface area contributed by atoms with Crippen LogP contribution in [0.15, 0.2) is 45.7 Å². The van der Waals surface area contributed by atoms with Crippen LogP contribution in [0.3, 0.4) is 0 Å². The van der Waals surface area contributed by atoms with Crippen LogP contribution in [0, 0.1) is 0 Å². The third kappa shape index (κ3) is 4.44. The lowest BCUT2D eigenvalue weighted by atomic mass is 10.3. The molecule has 1 unspecified atom stereocenters. The molecule has 114 valence electrons. The number of benzene rings is 1. The van der Waals surface area contributed by atoms with Crippen LogP contribution >= 0.6 is 0 Å². The number of rotatable bonds is 8. The van der Waals surface area contributed by atoms with Gasteiger partial charge in [0.1, 0.15) is 17.3 Å². The number of furan rings is 1. The fourth-order valence-corrected chi connectivity index (χ4v) is 3.17. The Morgan fingerprint density at radius 3 is 2.71 bits per heavy atom. The van der Waals surface area contributed by atoms with Gasteiger partial charge in [-0.15, -0.1) is 0 Å². The number of hydrogen-bond acceptors (Lipinski definition) is 4. The fraction of sp³-hybridized carbons (Fsp3) is 0.375. The molecule has 0 saturated heterocycles. The lowest BCUT2D eigenvalue weighted by molar-refractivity contribution is 0.404. The van der Waals surface area contributed by atoms with Gasteiger partial charge in [-0.2, -0.15) is 0 Å². The molecule has 0 radical (unpaired) electrons. The monoisotopic (exact) mass is 307 g/mol. The predicted octanol–water partition coefficient (Wildman–Crippen LogP) is 3.10. The van der Waals surface area contributed by atoms with Gasteiger partial charge < -0.3 is 14.5 Å². The summed E-state index contributed by atoms with van der Waals surface area (Å²) in [4.78, 5) is 0.696. The summed E-state index contributed by atoms with van der Waals surface area (Å²) in [5.41, 5.74) is 0. The Hall–Kier alpha value is -1.59. The number of ether oxygens (including phenoxy) is 1. The van der Waals surface area contributed by atoms with Crippen molar-refractivity contribution >= 4 is 10.8 Å². The summed E-state index contributed by atoms with van der Waals surface area (Å²) in [7, 11) is 0.405. The van der Waals surface area contributed by atoms with E-state index in [-0.39, 0.29) is 0 Å². The summed E-state index contributed by atoms with van der Waals surface area (Å²) in [6, 6.07) is 11.2. The Bertz CT molecular complexity index is 595. The van der Waals surface area contributed by atoms with Crippen LogP contribution in [0.1, 0.15) is 24.9 Å². The zero-order chi connectivity index (χ0) is 15.1. The topological polar surface area (TPSA) is 51.5 Å². The van der Waals surface area contributed by atoms with Gasteiger partial charge in [-0.3, -0.25) is 4.21 Å². The van der Waals surface area contributed by atoms with Crippen molar-refractivity contribution in [2.45, 2.75) is 30.5 Å². The predicted molar refractivity (Wildman–Crippen MR) is 83.8 cm³/mol. The summed E-state index contributed by atoms with van der Waals surface area (Å²) < 4.78 is 23.4. The minimum atomic E-state index is -1.18. The van der Waals surface area contributed by atoms with Crippen molar-refractivity contribution in [2.75, 3.05) is 13.7 Å². The van der Waals surface area contributed by atoms with E-state index in [1.54, 1.807) is 7.11 Å². The molecule has 1 aromatic heterocycles. The second-order valence-corrected chi connectivity index (χ2v) is 6.11. The zero-order valence-corrected chi connectivity index (χ0v) is 13.2. The molecular weight excluding hydrogens is 286 g/mol. The van der Waals surface area contributed by atoms with E-state index in [9.17, 15) is 4.21 Å².